The van der Waals surface area contributed by atoms with Gasteiger partial charge in [-0.25, -0.2) is 4.79 Å². The summed E-state index contributed by atoms with van der Waals surface area (Å²) in [4.78, 5) is 26.9. The summed E-state index contributed by atoms with van der Waals surface area (Å²) in [6, 6.07) is 14.9. The van der Waals surface area contributed by atoms with Gasteiger partial charge >= 0.3 is 6.03 Å². The number of amides is 3. The molecule has 2 N–H and O–H groups in total. The Labute approximate surface area is 171 Å². The third-order valence-corrected chi connectivity index (χ3v) is 5.67. The van der Waals surface area contributed by atoms with E-state index >= 15 is 0 Å². The topological polar surface area (TPSA) is 61.4 Å². The molecule has 0 aromatic heterocycles. The van der Waals surface area contributed by atoms with Crippen molar-refractivity contribution in [2.45, 2.75) is 26.7 Å². The minimum absolute atomic E-state index is 0.0297. The average molecular weight is 400 g/mol. The molecule has 1 atom stereocenters. The molecule has 5 nitrogen and oxygen atoms in total. The Hall–Kier alpha value is -2.53. The number of hydrogen-bond donors (Lipinski definition) is 2. The van der Waals surface area contributed by atoms with Crippen LogP contribution >= 0.6 is 11.6 Å². The highest BCUT2D eigenvalue weighted by Crippen LogP contribution is 2.28. The third kappa shape index (κ3) is 5.04. The van der Waals surface area contributed by atoms with E-state index in [2.05, 4.69) is 10.6 Å². The molecule has 3 amide bonds. The van der Waals surface area contributed by atoms with E-state index in [9.17, 15) is 9.59 Å². The molecule has 0 bridgehead atoms. The van der Waals surface area contributed by atoms with Crippen molar-refractivity contribution < 1.29 is 9.59 Å². The molecule has 6 heteroatoms. The van der Waals surface area contributed by atoms with Crippen molar-refractivity contribution in [3.8, 4) is 0 Å². The van der Waals surface area contributed by atoms with Crippen LogP contribution in [0.5, 0.6) is 0 Å². The highest BCUT2D eigenvalue weighted by atomic mass is 35.5. The van der Waals surface area contributed by atoms with Crippen LogP contribution in [0.15, 0.2) is 48.5 Å². The smallest absolute Gasteiger partial charge is 0.321 e. The van der Waals surface area contributed by atoms with Gasteiger partial charge in [-0.05, 0) is 55.5 Å². The number of piperidine rings is 1. The minimum atomic E-state index is -0.142. The van der Waals surface area contributed by atoms with Crippen LogP contribution in [0.1, 0.15) is 25.3 Å². The van der Waals surface area contributed by atoms with Crippen LogP contribution in [0.25, 0.3) is 0 Å². The van der Waals surface area contributed by atoms with Gasteiger partial charge in [0.15, 0.2) is 0 Å². The first-order chi connectivity index (χ1) is 13.4. The van der Waals surface area contributed by atoms with Gasteiger partial charge in [0.2, 0.25) is 5.91 Å². The first kappa shape index (κ1) is 20.2. The number of rotatable bonds is 4. The highest BCUT2D eigenvalue weighted by molar-refractivity contribution is 6.33. The SMILES string of the molecule is Cc1ccc(NC(=O)[C@@H](C)C2CCN(C(=O)Nc3ccccc3)CC2)c(Cl)c1. The number of halogens is 1. The Morgan fingerprint density at radius 1 is 1.07 bits per heavy atom. The van der Waals surface area contributed by atoms with Crippen LogP contribution in [0, 0.1) is 18.8 Å². The second-order valence-electron chi connectivity index (χ2n) is 7.38. The lowest BCUT2D eigenvalue weighted by atomic mass is 9.85. The molecule has 0 aliphatic carbocycles. The largest absolute Gasteiger partial charge is 0.325 e. The second kappa shape index (κ2) is 9.11. The molecule has 1 saturated heterocycles. The fourth-order valence-corrected chi connectivity index (χ4v) is 3.79. The van der Waals surface area contributed by atoms with Gasteiger partial charge in [-0.2, -0.15) is 0 Å². The molecule has 148 valence electrons. The number of anilines is 2. The summed E-state index contributed by atoms with van der Waals surface area (Å²) < 4.78 is 0. The van der Waals surface area contributed by atoms with Crippen LogP contribution in [0.2, 0.25) is 5.02 Å². The Kier molecular flexibility index (Phi) is 6.57. The molecule has 1 aliphatic rings. The van der Waals surface area contributed by atoms with E-state index in [0.29, 0.717) is 23.8 Å². The van der Waals surface area contributed by atoms with E-state index in [4.69, 9.17) is 11.6 Å². The molecule has 0 radical (unpaired) electrons. The van der Waals surface area contributed by atoms with Gasteiger partial charge in [-0.15, -0.1) is 0 Å². The fraction of sp³-hybridized carbons (Fsp3) is 0.364. The molecule has 0 unspecified atom stereocenters. The Morgan fingerprint density at radius 2 is 1.75 bits per heavy atom. The molecule has 28 heavy (non-hydrogen) atoms. The van der Waals surface area contributed by atoms with Crippen molar-refractivity contribution in [1.29, 1.82) is 0 Å². The molecular weight excluding hydrogens is 374 g/mol. The molecule has 2 aromatic carbocycles. The number of hydrogen-bond acceptors (Lipinski definition) is 2. The molecular formula is C22H26ClN3O2. The van der Waals surface area contributed by atoms with Crippen LogP contribution < -0.4 is 10.6 Å². The van der Waals surface area contributed by atoms with Crippen LogP contribution in [0.3, 0.4) is 0 Å². The molecule has 1 fully saturated rings. The maximum Gasteiger partial charge on any atom is 0.321 e. The van der Waals surface area contributed by atoms with E-state index < -0.39 is 0 Å². The standard InChI is InChI=1S/C22H26ClN3O2/c1-15-8-9-20(19(23)14-15)25-21(27)16(2)17-10-12-26(13-11-17)22(28)24-18-6-4-3-5-7-18/h3-9,14,16-17H,10-13H2,1-2H3,(H,24,28)(H,25,27)/t16-/m0/s1. The zero-order chi connectivity index (χ0) is 20.1. The van der Waals surface area contributed by atoms with E-state index in [0.717, 1.165) is 24.1 Å². The van der Waals surface area contributed by atoms with Crippen molar-refractivity contribution >= 4 is 34.9 Å². The monoisotopic (exact) mass is 399 g/mol. The van der Waals surface area contributed by atoms with Gasteiger partial charge < -0.3 is 15.5 Å². The van der Waals surface area contributed by atoms with Gasteiger partial charge in [0.05, 0.1) is 10.7 Å². The van der Waals surface area contributed by atoms with E-state index in [1.807, 2.05) is 67.3 Å². The van der Waals surface area contributed by atoms with Gasteiger partial charge in [0.25, 0.3) is 0 Å². The van der Waals surface area contributed by atoms with Crippen molar-refractivity contribution in [2.24, 2.45) is 11.8 Å². The highest BCUT2D eigenvalue weighted by Gasteiger charge is 2.30. The predicted molar refractivity (Wildman–Crippen MR) is 114 cm³/mol. The number of nitrogens with one attached hydrogen (secondary N) is 2. The van der Waals surface area contributed by atoms with E-state index in [-0.39, 0.29) is 23.8 Å². The van der Waals surface area contributed by atoms with Gasteiger partial charge in [-0.1, -0.05) is 42.8 Å². The molecule has 1 aliphatic heterocycles. The normalized spacial score (nSPS) is 15.8. The van der Waals surface area contributed by atoms with Gasteiger partial charge in [-0.3, -0.25) is 4.79 Å². The number of aryl methyl sites for hydroxylation is 1. The number of urea groups is 1. The maximum absolute atomic E-state index is 12.6. The van der Waals surface area contributed by atoms with Crippen molar-refractivity contribution in [3.63, 3.8) is 0 Å². The number of benzene rings is 2. The molecule has 3 rings (SSSR count). The summed E-state index contributed by atoms with van der Waals surface area (Å²) >= 11 is 6.22. The number of nitrogens with zero attached hydrogens (tertiary/aromatic N) is 1. The Bertz CT molecular complexity index is 833. The van der Waals surface area contributed by atoms with E-state index in [1.54, 1.807) is 0 Å². The Balaban J connectivity index is 1.51. The van der Waals surface area contributed by atoms with Crippen LogP contribution in [0.4, 0.5) is 16.2 Å². The maximum atomic E-state index is 12.6. The molecule has 2 aromatic rings. The van der Waals surface area contributed by atoms with Crippen molar-refractivity contribution in [3.05, 3.63) is 59.1 Å². The number of carbonyl (C=O) groups excluding carboxylic acids is 2. The number of carbonyl (C=O) groups is 2. The summed E-state index contributed by atoms with van der Waals surface area (Å²) in [5.74, 6) is 0.0691. The lowest BCUT2D eigenvalue weighted by Gasteiger charge is -2.34. The zero-order valence-corrected chi connectivity index (χ0v) is 17.0. The molecule has 0 spiro atoms. The summed E-state index contributed by atoms with van der Waals surface area (Å²) in [5.41, 5.74) is 2.48. The van der Waals surface area contributed by atoms with Crippen LogP contribution in [-0.2, 0) is 4.79 Å². The zero-order valence-electron chi connectivity index (χ0n) is 16.2. The quantitative estimate of drug-likeness (QED) is 0.745. The Morgan fingerprint density at radius 3 is 2.39 bits per heavy atom. The van der Waals surface area contributed by atoms with E-state index in [1.165, 1.54) is 0 Å². The predicted octanol–water partition coefficient (Wildman–Crippen LogP) is 5.17. The first-order valence-electron chi connectivity index (χ1n) is 9.62. The minimum Gasteiger partial charge on any atom is -0.325 e. The van der Waals surface area contributed by atoms with Crippen LogP contribution in [-0.4, -0.2) is 29.9 Å². The summed E-state index contributed by atoms with van der Waals surface area (Å²) in [5, 5.41) is 6.40. The lowest BCUT2D eigenvalue weighted by Crippen LogP contribution is -2.43. The van der Waals surface area contributed by atoms with Crippen molar-refractivity contribution in [1.82, 2.24) is 4.90 Å². The van der Waals surface area contributed by atoms with Gasteiger partial charge in [0.1, 0.15) is 0 Å². The summed E-state index contributed by atoms with van der Waals surface area (Å²) in [7, 11) is 0. The third-order valence-electron chi connectivity index (χ3n) is 5.36. The molecule has 0 saturated carbocycles. The fourth-order valence-electron chi connectivity index (χ4n) is 3.51. The number of para-hydroxylation sites is 1. The molecule has 1 heterocycles. The second-order valence-corrected chi connectivity index (χ2v) is 7.79. The average Bonchev–Trinajstić information content (AvgIpc) is 2.70. The summed E-state index contributed by atoms with van der Waals surface area (Å²) in [6.45, 7) is 5.20. The van der Waals surface area contributed by atoms with Crippen molar-refractivity contribution in [2.75, 3.05) is 23.7 Å². The lowest BCUT2D eigenvalue weighted by molar-refractivity contribution is -0.121. The first-order valence-corrected chi connectivity index (χ1v) is 10.00. The summed E-state index contributed by atoms with van der Waals surface area (Å²) in [6.07, 6.45) is 1.61. The number of likely N-dealkylation sites (tertiary alicyclic amines) is 1. The van der Waals surface area contributed by atoms with Gasteiger partial charge in [0, 0.05) is 24.7 Å².